The number of aryl methyl sites for hydroxylation is 1. The van der Waals surface area contributed by atoms with Crippen molar-refractivity contribution in [2.24, 2.45) is 5.84 Å². The minimum atomic E-state index is -0.0344. The van der Waals surface area contributed by atoms with Gasteiger partial charge in [-0.1, -0.05) is 23.7 Å². The zero-order valence-corrected chi connectivity index (χ0v) is 10.9. The number of hydrazine groups is 1. The van der Waals surface area contributed by atoms with E-state index in [4.69, 9.17) is 17.4 Å². The van der Waals surface area contributed by atoms with Gasteiger partial charge in [0.1, 0.15) is 5.82 Å². The number of nitrogens with one attached hydrogen (secondary N) is 1. The lowest BCUT2D eigenvalue weighted by Gasteiger charge is -2.15. The number of aromatic nitrogens is 2. The van der Waals surface area contributed by atoms with Gasteiger partial charge in [-0.05, 0) is 37.1 Å². The second-order valence-corrected chi connectivity index (χ2v) is 4.51. The Morgan fingerprint density at radius 3 is 2.61 bits per heavy atom. The Balaban J connectivity index is 2.17. The van der Waals surface area contributed by atoms with Crippen LogP contribution in [-0.2, 0) is 6.42 Å². The van der Waals surface area contributed by atoms with E-state index in [1.165, 1.54) is 0 Å². The Hall–Kier alpha value is -1.49. The summed E-state index contributed by atoms with van der Waals surface area (Å²) in [6, 6.07) is 9.55. The van der Waals surface area contributed by atoms with Crippen LogP contribution < -0.4 is 11.3 Å². The van der Waals surface area contributed by atoms with E-state index in [-0.39, 0.29) is 6.04 Å². The van der Waals surface area contributed by atoms with E-state index in [2.05, 4.69) is 15.4 Å². The molecule has 0 amide bonds. The van der Waals surface area contributed by atoms with E-state index in [9.17, 15) is 0 Å². The first-order valence-corrected chi connectivity index (χ1v) is 6.07. The predicted octanol–water partition coefficient (Wildman–Crippen LogP) is 2.19. The fourth-order valence-corrected chi connectivity index (χ4v) is 1.90. The molecule has 2 rings (SSSR count). The quantitative estimate of drug-likeness (QED) is 0.655. The summed E-state index contributed by atoms with van der Waals surface area (Å²) in [6.07, 6.45) is 2.49. The molecule has 2 aromatic rings. The molecule has 0 fully saturated rings. The Labute approximate surface area is 111 Å². The van der Waals surface area contributed by atoms with E-state index >= 15 is 0 Å². The second kappa shape index (κ2) is 5.91. The Morgan fingerprint density at radius 2 is 2.00 bits per heavy atom. The molecule has 0 saturated heterocycles. The molecular formula is C13H15ClN4. The van der Waals surface area contributed by atoms with Crippen molar-refractivity contribution < 1.29 is 0 Å². The number of hydrogen-bond donors (Lipinski definition) is 2. The van der Waals surface area contributed by atoms with Crippen LogP contribution in [0.15, 0.2) is 36.5 Å². The van der Waals surface area contributed by atoms with Crippen LogP contribution in [0.5, 0.6) is 0 Å². The average Bonchev–Trinajstić information content (AvgIpc) is 2.38. The van der Waals surface area contributed by atoms with Gasteiger partial charge in [0.15, 0.2) is 0 Å². The molecule has 0 aliphatic carbocycles. The maximum absolute atomic E-state index is 5.86. The van der Waals surface area contributed by atoms with Gasteiger partial charge >= 0.3 is 0 Å². The highest BCUT2D eigenvalue weighted by molar-refractivity contribution is 6.30. The van der Waals surface area contributed by atoms with E-state index < -0.39 is 0 Å². The van der Waals surface area contributed by atoms with Crippen molar-refractivity contribution in [1.29, 1.82) is 0 Å². The van der Waals surface area contributed by atoms with Crippen LogP contribution in [0.2, 0.25) is 5.02 Å². The van der Waals surface area contributed by atoms with Crippen LogP contribution in [0.3, 0.4) is 0 Å². The third kappa shape index (κ3) is 3.26. The number of hydrogen-bond acceptors (Lipinski definition) is 4. The summed E-state index contributed by atoms with van der Waals surface area (Å²) < 4.78 is 0. The molecule has 1 unspecified atom stereocenters. The summed E-state index contributed by atoms with van der Waals surface area (Å²) in [5, 5.41) is 0.730. The smallest absolute Gasteiger partial charge is 0.125 e. The molecule has 0 bridgehead atoms. The molecule has 1 atom stereocenters. The summed E-state index contributed by atoms with van der Waals surface area (Å²) in [6.45, 7) is 1.86. The highest BCUT2D eigenvalue weighted by atomic mass is 35.5. The van der Waals surface area contributed by atoms with Gasteiger partial charge in [0.05, 0.1) is 11.7 Å². The minimum Gasteiger partial charge on any atom is -0.271 e. The maximum Gasteiger partial charge on any atom is 0.125 e. The molecule has 18 heavy (non-hydrogen) atoms. The van der Waals surface area contributed by atoms with Crippen LogP contribution >= 0.6 is 11.6 Å². The molecule has 0 aliphatic rings. The second-order valence-electron chi connectivity index (χ2n) is 4.08. The van der Waals surface area contributed by atoms with Crippen LogP contribution in [0.1, 0.15) is 23.1 Å². The molecule has 0 aliphatic heterocycles. The van der Waals surface area contributed by atoms with Crippen LogP contribution in [0, 0.1) is 6.92 Å². The van der Waals surface area contributed by atoms with Gasteiger partial charge in [0, 0.05) is 11.2 Å². The molecule has 0 radical (unpaired) electrons. The van der Waals surface area contributed by atoms with Gasteiger partial charge in [-0.15, -0.1) is 0 Å². The van der Waals surface area contributed by atoms with Gasteiger partial charge in [0.2, 0.25) is 0 Å². The van der Waals surface area contributed by atoms with E-state index in [1.54, 1.807) is 6.20 Å². The summed E-state index contributed by atoms with van der Waals surface area (Å²) in [5.74, 6) is 6.34. The van der Waals surface area contributed by atoms with Gasteiger partial charge in [0.25, 0.3) is 0 Å². The monoisotopic (exact) mass is 262 g/mol. The number of nitrogens with two attached hydrogens (primary N) is 1. The molecule has 5 heteroatoms. The lowest BCUT2D eigenvalue weighted by Crippen LogP contribution is -2.30. The first kappa shape index (κ1) is 13.0. The summed E-state index contributed by atoms with van der Waals surface area (Å²) >= 11 is 5.86. The van der Waals surface area contributed by atoms with Gasteiger partial charge in [-0.3, -0.25) is 11.3 Å². The van der Waals surface area contributed by atoms with Gasteiger partial charge in [-0.2, -0.15) is 0 Å². The van der Waals surface area contributed by atoms with Crippen LogP contribution in [0.4, 0.5) is 0 Å². The third-order valence-corrected chi connectivity index (χ3v) is 2.96. The van der Waals surface area contributed by atoms with Crippen molar-refractivity contribution in [1.82, 2.24) is 15.4 Å². The first-order valence-electron chi connectivity index (χ1n) is 5.69. The van der Waals surface area contributed by atoms with E-state index in [0.717, 1.165) is 28.5 Å². The standard InChI is InChI=1S/C13H15ClN4/c1-9-16-7-6-12(17-9)13(18-15)8-10-2-4-11(14)5-3-10/h2-7,13,18H,8,15H2,1H3. The van der Waals surface area contributed by atoms with Gasteiger partial charge in [-0.25, -0.2) is 9.97 Å². The topological polar surface area (TPSA) is 63.8 Å². The van der Waals surface area contributed by atoms with Crippen LogP contribution in [0.25, 0.3) is 0 Å². The molecule has 1 heterocycles. The molecule has 0 spiro atoms. The van der Waals surface area contributed by atoms with E-state index in [0.29, 0.717) is 0 Å². The summed E-state index contributed by atoms with van der Waals surface area (Å²) in [4.78, 5) is 8.46. The number of halogens is 1. The Kier molecular flexibility index (Phi) is 4.25. The Morgan fingerprint density at radius 1 is 1.28 bits per heavy atom. The predicted molar refractivity (Wildman–Crippen MR) is 72.0 cm³/mol. The highest BCUT2D eigenvalue weighted by Gasteiger charge is 2.12. The number of rotatable bonds is 4. The van der Waals surface area contributed by atoms with E-state index in [1.807, 2.05) is 37.3 Å². The molecule has 4 nitrogen and oxygen atoms in total. The van der Waals surface area contributed by atoms with Crippen molar-refractivity contribution in [3.05, 3.63) is 58.6 Å². The fourth-order valence-electron chi connectivity index (χ4n) is 1.77. The van der Waals surface area contributed by atoms with Gasteiger partial charge < -0.3 is 0 Å². The normalized spacial score (nSPS) is 12.4. The number of benzene rings is 1. The molecule has 3 N–H and O–H groups in total. The zero-order valence-electron chi connectivity index (χ0n) is 10.1. The highest BCUT2D eigenvalue weighted by Crippen LogP contribution is 2.17. The lowest BCUT2D eigenvalue weighted by molar-refractivity contribution is 0.535. The summed E-state index contributed by atoms with van der Waals surface area (Å²) in [5.41, 5.74) is 4.83. The molecule has 0 saturated carbocycles. The zero-order chi connectivity index (χ0) is 13.0. The minimum absolute atomic E-state index is 0.0344. The average molecular weight is 263 g/mol. The van der Waals surface area contributed by atoms with Crippen molar-refractivity contribution in [2.75, 3.05) is 0 Å². The summed E-state index contributed by atoms with van der Waals surface area (Å²) in [7, 11) is 0. The van der Waals surface area contributed by atoms with Crippen LogP contribution in [-0.4, -0.2) is 9.97 Å². The number of nitrogens with zero attached hydrogens (tertiary/aromatic N) is 2. The van der Waals surface area contributed by atoms with Crippen molar-refractivity contribution in [3.63, 3.8) is 0 Å². The lowest BCUT2D eigenvalue weighted by atomic mass is 10.0. The van der Waals surface area contributed by atoms with Crippen molar-refractivity contribution >= 4 is 11.6 Å². The van der Waals surface area contributed by atoms with Crippen molar-refractivity contribution in [3.8, 4) is 0 Å². The molecule has 94 valence electrons. The molecule has 1 aromatic heterocycles. The maximum atomic E-state index is 5.86. The Bertz CT molecular complexity index is 513. The molecular weight excluding hydrogens is 248 g/mol. The molecule has 1 aromatic carbocycles. The SMILES string of the molecule is Cc1nccc(C(Cc2ccc(Cl)cc2)NN)n1. The van der Waals surface area contributed by atoms with Crippen molar-refractivity contribution in [2.45, 2.75) is 19.4 Å². The first-order chi connectivity index (χ1) is 8.69. The fraction of sp³-hybridized carbons (Fsp3) is 0.231. The largest absolute Gasteiger partial charge is 0.271 e. The third-order valence-electron chi connectivity index (χ3n) is 2.71.